The summed E-state index contributed by atoms with van der Waals surface area (Å²) in [5, 5.41) is 0. The Bertz CT molecular complexity index is 459. The van der Waals surface area contributed by atoms with E-state index in [0.717, 1.165) is 13.1 Å². The van der Waals surface area contributed by atoms with Crippen molar-refractivity contribution in [3.8, 4) is 0 Å². The van der Waals surface area contributed by atoms with Crippen LogP contribution in [0, 0.1) is 0 Å². The van der Waals surface area contributed by atoms with Gasteiger partial charge in [-0.1, -0.05) is 30.3 Å². The molecule has 2 rings (SSSR count). The van der Waals surface area contributed by atoms with Crippen molar-refractivity contribution >= 4 is 6.09 Å². The summed E-state index contributed by atoms with van der Waals surface area (Å²) >= 11 is 0. The van der Waals surface area contributed by atoms with Gasteiger partial charge < -0.3 is 16.2 Å². The van der Waals surface area contributed by atoms with E-state index in [2.05, 4.69) is 17.0 Å². The number of nitrogens with two attached hydrogens (primary N) is 2. The highest BCUT2D eigenvalue weighted by Gasteiger charge is 2.22. The highest BCUT2D eigenvalue weighted by molar-refractivity contribution is 5.66. The summed E-state index contributed by atoms with van der Waals surface area (Å²) in [7, 11) is 0. The second-order valence-electron chi connectivity index (χ2n) is 4.56. The van der Waals surface area contributed by atoms with Crippen LogP contribution in [-0.2, 0) is 11.3 Å². The fraction of sp³-hybridized carbons (Fsp3) is 0.357. The molecule has 1 aromatic rings. The Kier molecular flexibility index (Phi) is 4.54. The number of hydrogen-bond donors (Lipinski definition) is 2. The van der Waals surface area contributed by atoms with Gasteiger partial charge in [0.05, 0.1) is 0 Å². The zero-order valence-electron chi connectivity index (χ0n) is 10.8. The third-order valence-electron chi connectivity index (χ3n) is 3.19. The highest BCUT2D eigenvalue weighted by atomic mass is 16.5. The van der Waals surface area contributed by atoms with Crippen LogP contribution in [0.2, 0.25) is 0 Å². The summed E-state index contributed by atoms with van der Waals surface area (Å²) < 4.78 is 4.94. The molecule has 1 heterocycles. The topological polar surface area (TPSA) is 81.6 Å². The predicted octanol–water partition coefficient (Wildman–Crippen LogP) is 1.20. The molecule has 1 aliphatic heterocycles. The lowest BCUT2D eigenvalue weighted by atomic mass is 10.1. The van der Waals surface area contributed by atoms with Gasteiger partial charge in [-0.3, -0.25) is 4.90 Å². The van der Waals surface area contributed by atoms with Crippen molar-refractivity contribution in [1.29, 1.82) is 0 Å². The van der Waals surface area contributed by atoms with Crippen molar-refractivity contribution in [2.45, 2.75) is 19.0 Å². The van der Waals surface area contributed by atoms with Gasteiger partial charge >= 0.3 is 6.09 Å². The molecule has 5 nitrogen and oxygen atoms in total. The molecule has 1 aliphatic rings. The largest absolute Gasteiger partial charge is 0.415 e. The van der Waals surface area contributed by atoms with Crippen LogP contribution < -0.4 is 11.5 Å². The Labute approximate surface area is 112 Å². The van der Waals surface area contributed by atoms with E-state index < -0.39 is 6.09 Å². The van der Waals surface area contributed by atoms with E-state index in [0.29, 0.717) is 18.7 Å². The number of benzene rings is 1. The molecule has 19 heavy (non-hydrogen) atoms. The number of hydrogen-bond acceptors (Lipinski definition) is 4. The first kappa shape index (κ1) is 13.6. The van der Waals surface area contributed by atoms with Crippen molar-refractivity contribution < 1.29 is 9.53 Å². The van der Waals surface area contributed by atoms with E-state index in [1.807, 2.05) is 24.3 Å². The summed E-state index contributed by atoms with van der Waals surface area (Å²) in [5.74, 6) is 0.618. The standard InChI is InChI=1S/C14H19N3O2/c15-9-12-8-13(19-14(16)18)6-7-17(12)10-11-4-2-1-3-5-11/h1-5,8,12H,6-7,9-10,15H2,(H2,16,18). The number of primary amides is 1. The van der Waals surface area contributed by atoms with Crippen LogP contribution in [0.5, 0.6) is 0 Å². The third-order valence-corrected chi connectivity index (χ3v) is 3.19. The minimum absolute atomic E-state index is 0.0725. The third kappa shape index (κ3) is 3.81. The van der Waals surface area contributed by atoms with Gasteiger partial charge in [0.15, 0.2) is 0 Å². The fourth-order valence-corrected chi connectivity index (χ4v) is 2.27. The van der Waals surface area contributed by atoms with Crippen molar-refractivity contribution in [3.05, 3.63) is 47.7 Å². The molecule has 0 saturated carbocycles. The van der Waals surface area contributed by atoms with Crippen molar-refractivity contribution in [1.82, 2.24) is 4.90 Å². The Morgan fingerprint density at radius 3 is 2.74 bits per heavy atom. The monoisotopic (exact) mass is 261 g/mol. The molecule has 0 fully saturated rings. The van der Waals surface area contributed by atoms with E-state index in [9.17, 15) is 4.79 Å². The molecule has 5 heteroatoms. The van der Waals surface area contributed by atoms with Crippen LogP contribution in [0.15, 0.2) is 42.2 Å². The van der Waals surface area contributed by atoms with Crippen molar-refractivity contribution in [3.63, 3.8) is 0 Å². The van der Waals surface area contributed by atoms with Gasteiger partial charge in [0.2, 0.25) is 0 Å². The van der Waals surface area contributed by atoms with Crippen LogP contribution in [0.25, 0.3) is 0 Å². The SMILES string of the molecule is NCC1C=C(OC(N)=O)CCN1Cc1ccccc1. The number of carbonyl (C=O) groups excluding carboxylic acids is 1. The Morgan fingerprint density at radius 1 is 1.37 bits per heavy atom. The number of rotatable bonds is 4. The summed E-state index contributed by atoms with van der Waals surface area (Å²) in [5.41, 5.74) is 12.0. The van der Waals surface area contributed by atoms with Gasteiger partial charge in [0.25, 0.3) is 0 Å². The molecular weight excluding hydrogens is 242 g/mol. The van der Waals surface area contributed by atoms with E-state index >= 15 is 0 Å². The average molecular weight is 261 g/mol. The highest BCUT2D eigenvalue weighted by Crippen LogP contribution is 2.19. The summed E-state index contributed by atoms with van der Waals surface area (Å²) in [4.78, 5) is 13.0. The molecule has 0 bridgehead atoms. The van der Waals surface area contributed by atoms with E-state index in [1.165, 1.54) is 5.56 Å². The van der Waals surface area contributed by atoms with Gasteiger partial charge in [-0.25, -0.2) is 4.79 Å². The van der Waals surface area contributed by atoms with Gasteiger partial charge in [-0.15, -0.1) is 0 Å². The molecule has 4 N–H and O–H groups in total. The normalized spacial score (nSPS) is 19.8. The van der Waals surface area contributed by atoms with E-state index in [-0.39, 0.29) is 6.04 Å². The Morgan fingerprint density at radius 2 is 2.11 bits per heavy atom. The lowest BCUT2D eigenvalue weighted by Gasteiger charge is -2.33. The molecule has 1 aromatic carbocycles. The second kappa shape index (κ2) is 6.36. The molecule has 0 spiro atoms. The average Bonchev–Trinajstić information content (AvgIpc) is 2.41. The Hall–Kier alpha value is -1.85. The minimum Gasteiger partial charge on any atom is -0.415 e. The first-order chi connectivity index (χ1) is 9.19. The smallest absolute Gasteiger partial charge is 0.409 e. The van der Waals surface area contributed by atoms with Gasteiger partial charge in [-0.05, 0) is 11.6 Å². The van der Waals surface area contributed by atoms with Gasteiger partial charge in [-0.2, -0.15) is 0 Å². The molecule has 0 aliphatic carbocycles. The maximum absolute atomic E-state index is 10.7. The number of amides is 1. The fourth-order valence-electron chi connectivity index (χ4n) is 2.27. The summed E-state index contributed by atoms with van der Waals surface area (Å²) in [6, 6.07) is 10.3. The first-order valence-electron chi connectivity index (χ1n) is 6.35. The lowest BCUT2D eigenvalue weighted by Crippen LogP contribution is -2.42. The maximum atomic E-state index is 10.7. The zero-order valence-corrected chi connectivity index (χ0v) is 10.8. The van der Waals surface area contributed by atoms with Crippen LogP contribution in [0.3, 0.4) is 0 Å². The molecule has 1 amide bonds. The zero-order chi connectivity index (χ0) is 13.7. The maximum Gasteiger partial charge on any atom is 0.409 e. The van der Waals surface area contributed by atoms with Crippen LogP contribution in [0.1, 0.15) is 12.0 Å². The molecule has 0 saturated heterocycles. The number of ether oxygens (including phenoxy) is 1. The van der Waals surface area contributed by atoms with Gasteiger partial charge in [0, 0.05) is 32.1 Å². The summed E-state index contributed by atoms with van der Waals surface area (Å²) in [6.07, 6.45) is 1.79. The lowest BCUT2D eigenvalue weighted by molar-refractivity contribution is 0.157. The van der Waals surface area contributed by atoms with Crippen LogP contribution in [0.4, 0.5) is 4.79 Å². The minimum atomic E-state index is -0.765. The summed E-state index contributed by atoms with van der Waals surface area (Å²) in [6.45, 7) is 2.12. The van der Waals surface area contributed by atoms with Crippen molar-refractivity contribution in [2.75, 3.05) is 13.1 Å². The second-order valence-corrected chi connectivity index (χ2v) is 4.56. The molecular formula is C14H19N3O2. The molecule has 0 radical (unpaired) electrons. The Balaban J connectivity index is 2.03. The number of carbonyl (C=O) groups is 1. The number of nitrogens with zero attached hydrogens (tertiary/aromatic N) is 1. The first-order valence-corrected chi connectivity index (χ1v) is 6.35. The van der Waals surface area contributed by atoms with Crippen LogP contribution >= 0.6 is 0 Å². The molecule has 1 atom stereocenters. The molecule has 0 aromatic heterocycles. The van der Waals surface area contributed by atoms with Gasteiger partial charge in [0.1, 0.15) is 5.76 Å². The predicted molar refractivity (Wildman–Crippen MR) is 73.1 cm³/mol. The van der Waals surface area contributed by atoms with E-state index in [4.69, 9.17) is 16.2 Å². The van der Waals surface area contributed by atoms with E-state index in [1.54, 1.807) is 0 Å². The molecule has 102 valence electrons. The molecule has 1 unspecified atom stereocenters. The van der Waals surface area contributed by atoms with Crippen LogP contribution in [-0.4, -0.2) is 30.1 Å². The quantitative estimate of drug-likeness (QED) is 0.853. The van der Waals surface area contributed by atoms with Crippen molar-refractivity contribution in [2.24, 2.45) is 11.5 Å².